The lowest BCUT2D eigenvalue weighted by molar-refractivity contribution is -0.158. The Hall–Kier alpha value is -3.95. The van der Waals surface area contributed by atoms with E-state index < -0.39 is 17.8 Å². The number of amides is 4. The summed E-state index contributed by atoms with van der Waals surface area (Å²) in [4.78, 5) is 54.6. The van der Waals surface area contributed by atoms with E-state index in [-0.39, 0.29) is 31.0 Å². The minimum absolute atomic E-state index is 0.120. The summed E-state index contributed by atoms with van der Waals surface area (Å²) in [7, 11) is 0. The highest BCUT2D eigenvalue weighted by Crippen LogP contribution is 2.22. The Bertz CT molecular complexity index is 1130. The molecule has 36 heavy (non-hydrogen) atoms. The number of carbonyl (C=O) groups is 4. The summed E-state index contributed by atoms with van der Waals surface area (Å²) < 4.78 is 18.4. The number of piperidine rings is 1. The molecule has 2 aromatic carbocycles. The largest absolute Gasteiger partial charge is 0.462 e. The van der Waals surface area contributed by atoms with Gasteiger partial charge in [-0.25, -0.2) is 14.0 Å². The summed E-state index contributed by atoms with van der Waals surface area (Å²) in [6.45, 7) is 3.89. The Morgan fingerprint density at radius 3 is 2.39 bits per heavy atom. The second-order valence-corrected chi connectivity index (χ2v) is 8.80. The molecule has 9 nitrogen and oxygen atoms in total. The van der Waals surface area contributed by atoms with E-state index >= 15 is 0 Å². The minimum atomic E-state index is -0.586. The predicted molar refractivity (Wildman–Crippen MR) is 130 cm³/mol. The molecule has 2 fully saturated rings. The van der Waals surface area contributed by atoms with Crippen molar-refractivity contribution >= 4 is 29.5 Å². The Balaban J connectivity index is 1.26. The topological polar surface area (TPSA) is 99.3 Å². The first-order valence-electron chi connectivity index (χ1n) is 12.0. The van der Waals surface area contributed by atoms with Gasteiger partial charge in [-0.15, -0.1) is 0 Å². The Kier molecular flexibility index (Phi) is 7.82. The van der Waals surface area contributed by atoms with Gasteiger partial charge in [-0.05, 0) is 61.7 Å². The number of anilines is 1. The van der Waals surface area contributed by atoms with E-state index in [1.807, 2.05) is 0 Å². The second kappa shape index (κ2) is 11.2. The molecule has 0 atom stereocenters. The molecule has 2 saturated heterocycles. The summed E-state index contributed by atoms with van der Waals surface area (Å²) in [5.41, 5.74) is 1.61. The van der Waals surface area contributed by atoms with Gasteiger partial charge in [0.1, 0.15) is 5.82 Å². The van der Waals surface area contributed by atoms with E-state index in [0.29, 0.717) is 55.8 Å². The lowest BCUT2D eigenvalue weighted by Gasteiger charge is -2.42. The first-order valence-corrected chi connectivity index (χ1v) is 12.0. The van der Waals surface area contributed by atoms with Crippen LogP contribution in [0.2, 0.25) is 0 Å². The summed E-state index contributed by atoms with van der Waals surface area (Å²) in [6.07, 6.45) is 1.14. The van der Waals surface area contributed by atoms with Crippen LogP contribution in [0, 0.1) is 5.82 Å². The Morgan fingerprint density at radius 1 is 1.00 bits per heavy atom. The van der Waals surface area contributed by atoms with Crippen molar-refractivity contribution in [3.05, 3.63) is 65.5 Å². The number of likely N-dealkylation sites (tertiary alicyclic amines) is 1. The van der Waals surface area contributed by atoms with Crippen molar-refractivity contribution in [2.24, 2.45) is 0 Å². The fourth-order valence-corrected chi connectivity index (χ4v) is 4.53. The van der Waals surface area contributed by atoms with Crippen molar-refractivity contribution in [3.63, 3.8) is 0 Å². The lowest BCUT2D eigenvalue weighted by atomic mass is 10.0. The van der Waals surface area contributed by atoms with Gasteiger partial charge in [-0.3, -0.25) is 9.59 Å². The molecule has 0 aromatic heterocycles. The molecule has 0 unspecified atom stereocenters. The van der Waals surface area contributed by atoms with E-state index in [4.69, 9.17) is 4.74 Å². The monoisotopic (exact) mass is 496 g/mol. The number of halogens is 1. The van der Waals surface area contributed by atoms with Gasteiger partial charge < -0.3 is 24.8 Å². The minimum Gasteiger partial charge on any atom is -0.462 e. The molecule has 2 aliphatic heterocycles. The van der Waals surface area contributed by atoms with Crippen LogP contribution in [-0.2, 0) is 20.9 Å². The first-order chi connectivity index (χ1) is 17.4. The molecule has 2 aromatic rings. The van der Waals surface area contributed by atoms with E-state index in [2.05, 4.69) is 5.32 Å². The van der Waals surface area contributed by atoms with Gasteiger partial charge in [0.25, 0.3) is 0 Å². The highest BCUT2D eigenvalue weighted by Gasteiger charge is 2.38. The molecule has 2 heterocycles. The number of hydrogen-bond donors (Lipinski definition) is 1. The van der Waals surface area contributed by atoms with Gasteiger partial charge in [0.15, 0.2) is 0 Å². The molecule has 10 heteroatoms. The molecule has 4 amide bonds. The molecule has 0 spiro atoms. The van der Waals surface area contributed by atoms with Gasteiger partial charge in [-0.1, -0.05) is 12.1 Å². The van der Waals surface area contributed by atoms with Crippen LogP contribution >= 0.6 is 0 Å². The van der Waals surface area contributed by atoms with E-state index in [1.165, 1.54) is 17.0 Å². The van der Waals surface area contributed by atoms with Crippen LogP contribution < -0.4 is 5.32 Å². The van der Waals surface area contributed by atoms with Gasteiger partial charge in [-0.2, -0.15) is 0 Å². The number of esters is 1. The first kappa shape index (κ1) is 25.2. The third-order valence-electron chi connectivity index (χ3n) is 6.44. The number of rotatable bonds is 6. The number of benzene rings is 2. The molecule has 0 saturated carbocycles. The summed E-state index contributed by atoms with van der Waals surface area (Å²) in [5, 5.41) is 2.82. The van der Waals surface area contributed by atoms with E-state index in [1.54, 1.807) is 53.1 Å². The maximum atomic E-state index is 13.5. The van der Waals surface area contributed by atoms with Crippen molar-refractivity contribution in [1.82, 2.24) is 14.7 Å². The predicted octanol–water partition coefficient (Wildman–Crippen LogP) is 2.87. The molecule has 0 bridgehead atoms. The fraction of sp³-hybridized carbons (Fsp3) is 0.385. The lowest BCUT2D eigenvalue weighted by Crippen LogP contribution is -2.59. The highest BCUT2D eigenvalue weighted by atomic mass is 19.1. The van der Waals surface area contributed by atoms with Crippen LogP contribution in [0.1, 0.15) is 35.7 Å². The third-order valence-corrected chi connectivity index (χ3v) is 6.44. The Morgan fingerprint density at radius 2 is 1.72 bits per heavy atom. The van der Waals surface area contributed by atoms with Crippen molar-refractivity contribution in [1.29, 1.82) is 0 Å². The number of ether oxygens (including phenoxy) is 1. The van der Waals surface area contributed by atoms with Crippen LogP contribution in [0.15, 0.2) is 48.5 Å². The van der Waals surface area contributed by atoms with Crippen molar-refractivity contribution in [2.75, 3.05) is 38.1 Å². The van der Waals surface area contributed by atoms with Crippen molar-refractivity contribution in [3.8, 4) is 0 Å². The highest BCUT2D eigenvalue weighted by molar-refractivity contribution is 6.35. The number of urea groups is 1. The molecule has 190 valence electrons. The van der Waals surface area contributed by atoms with Crippen molar-refractivity contribution < 1.29 is 28.3 Å². The molecule has 0 radical (unpaired) electrons. The molecule has 4 rings (SSSR count). The normalized spacial score (nSPS) is 16.8. The zero-order valence-corrected chi connectivity index (χ0v) is 20.1. The summed E-state index contributed by atoms with van der Waals surface area (Å²) in [6, 6.07) is 12.1. The Labute approximate surface area is 208 Å². The number of nitrogens with zero attached hydrogens (tertiary/aromatic N) is 3. The molecule has 2 aliphatic rings. The van der Waals surface area contributed by atoms with E-state index in [0.717, 1.165) is 0 Å². The molecule has 0 aliphatic carbocycles. The van der Waals surface area contributed by atoms with Crippen molar-refractivity contribution in [2.45, 2.75) is 32.4 Å². The van der Waals surface area contributed by atoms with Crippen LogP contribution in [0.5, 0.6) is 0 Å². The fourth-order valence-electron chi connectivity index (χ4n) is 4.53. The summed E-state index contributed by atoms with van der Waals surface area (Å²) >= 11 is 0. The van der Waals surface area contributed by atoms with Gasteiger partial charge in [0.05, 0.1) is 12.2 Å². The number of nitrogens with one attached hydrogen (secondary N) is 1. The third kappa shape index (κ3) is 5.81. The number of piperazine rings is 1. The van der Waals surface area contributed by atoms with Gasteiger partial charge in [0, 0.05) is 44.5 Å². The zero-order valence-electron chi connectivity index (χ0n) is 20.1. The molecular formula is C26H29FN4O5. The quantitative estimate of drug-likeness (QED) is 0.490. The standard InChI is InChI=1S/C26H29FN4O5/c1-2-36-25(34)19-6-8-21(9-7-19)28-26(35)29-12-10-22(11-13-29)31-15-14-30(23(32)24(31)33)17-18-4-3-5-20(27)16-18/h3-9,16,22H,2,10-15,17H2,1H3,(H,28,35). The molecule has 1 N–H and O–H groups in total. The average Bonchev–Trinajstić information content (AvgIpc) is 2.88. The maximum absolute atomic E-state index is 13.5. The SMILES string of the molecule is CCOC(=O)c1ccc(NC(=O)N2CCC(N3CCN(Cc4cccc(F)c4)C(=O)C3=O)CC2)cc1. The van der Waals surface area contributed by atoms with Crippen LogP contribution in [0.3, 0.4) is 0 Å². The second-order valence-electron chi connectivity index (χ2n) is 8.80. The molecular weight excluding hydrogens is 467 g/mol. The summed E-state index contributed by atoms with van der Waals surface area (Å²) in [5.74, 6) is -1.94. The van der Waals surface area contributed by atoms with Crippen LogP contribution in [-0.4, -0.2) is 77.3 Å². The van der Waals surface area contributed by atoms with Crippen LogP contribution in [0.4, 0.5) is 14.9 Å². The number of carbonyl (C=O) groups excluding carboxylic acids is 4. The number of hydrogen-bond acceptors (Lipinski definition) is 5. The van der Waals surface area contributed by atoms with E-state index in [9.17, 15) is 23.6 Å². The average molecular weight is 497 g/mol. The van der Waals surface area contributed by atoms with Gasteiger partial charge in [0.2, 0.25) is 0 Å². The zero-order chi connectivity index (χ0) is 25.7. The smallest absolute Gasteiger partial charge is 0.338 e. The maximum Gasteiger partial charge on any atom is 0.338 e. The van der Waals surface area contributed by atoms with Crippen LogP contribution in [0.25, 0.3) is 0 Å². The van der Waals surface area contributed by atoms with Gasteiger partial charge >= 0.3 is 23.8 Å².